The van der Waals surface area contributed by atoms with Gasteiger partial charge >= 0.3 is 5.69 Å². The van der Waals surface area contributed by atoms with E-state index in [4.69, 9.17) is 9.47 Å². The number of nitrogens with zero attached hydrogens (tertiary/aromatic N) is 3. The normalized spacial score (nSPS) is 14.6. The van der Waals surface area contributed by atoms with Gasteiger partial charge in [-0.15, -0.1) is 0 Å². The van der Waals surface area contributed by atoms with E-state index in [1.807, 2.05) is 38.1 Å². The van der Waals surface area contributed by atoms with Crippen molar-refractivity contribution in [1.29, 1.82) is 0 Å². The van der Waals surface area contributed by atoms with Crippen molar-refractivity contribution in [3.8, 4) is 5.75 Å². The minimum Gasteiger partial charge on any atom is -0.492 e. The first-order chi connectivity index (χ1) is 14.0. The Kier molecular flexibility index (Phi) is 7.20. The highest BCUT2D eigenvalue weighted by Gasteiger charge is 2.17. The number of hydrogen-bond donors (Lipinski definition) is 2. The lowest BCUT2D eigenvalue weighted by Crippen LogP contribution is -2.38. The van der Waals surface area contributed by atoms with E-state index < -0.39 is 4.92 Å². The molecule has 0 atom stereocenters. The minimum absolute atomic E-state index is 0.0327. The number of pyridine rings is 1. The lowest BCUT2D eigenvalue weighted by atomic mass is 10.3. The first-order valence-electron chi connectivity index (χ1n) is 9.73. The van der Waals surface area contributed by atoms with Crippen molar-refractivity contribution in [2.24, 2.45) is 0 Å². The monoisotopic (exact) mass is 401 g/mol. The molecular weight excluding hydrogens is 374 g/mol. The van der Waals surface area contributed by atoms with Crippen LogP contribution in [0.2, 0.25) is 0 Å². The molecule has 1 aromatic carbocycles. The molecule has 2 aromatic rings. The SMILES string of the molecule is CC(C)Nc1nc(Nc2ccc(OCCN3CCOCC3)cc2)ccc1[N+](=O)[O-]. The number of hydrogen-bond acceptors (Lipinski definition) is 8. The van der Waals surface area contributed by atoms with E-state index in [0.717, 1.165) is 44.3 Å². The average molecular weight is 401 g/mol. The molecular formula is C20H27N5O4. The van der Waals surface area contributed by atoms with E-state index in [1.54, 1.807) is 6.07 Å². The molecule has 1 aromatic heterocycles. The molecule has 156 valence electrons. The highest BCUT2D eigenvalue weighted by Crippen LogP contribution is 2.26. The molecule has 0 saturated carbocycles. The zero-order chi connectivity index (χ0) is 20.6. The largest absolute Gasteiger partial charge is 0.492 e. The zero-order valence-corrected chi connectivity index (χ0v) is 16.8. The smallest absolute Gasteiger partial charge is 0.311 e. The number of benzene rings is 1. The molecule has 2 N–H and O–H groups in total. The molecule has 0 unspecified atom stereocenters. The van der Waals surface area contributed by atoms with Gasteiger partial charge in [-0.1, -0.05) is 0 Å². The van der Waals surface area contributed by atoms with Gasteiger partial charge in [-0.25, -0.2) is 4.98 Å². The summed E-state index contributed by atoms with van der Waals surface area (Å²) in [7, 11) is 0. The van der Waals surface area contributed by atoms with E-state index in [1.165, 1.54) is 6.07 Å². The molecule has 0 bridgehead atoms. The second-order valence-corrected chi connectivity index (χ2v) is 7.07. The van der Waals surface area contributed by atoms with Gasteiger partial charge in [-0.2, -0.15) is 0 Å². The lowest BCUT2D eigenvalue weighted by molar-refractivity contribution is -0.384. The Morgan fingerprint density at radius 2 is 1.93 bits per heavy atom. The predicted molar refractivity (Wildman–Crippen MR) is 112 cm³/mol. The van der Waals surface area contributed by atoms with Gasteiger partial charge in [0.25, 0.3) is 0 Å². The van der Waals surface area contributed by atoms with Gasteiger partial charge < -0.3 is 20.1 Å². The molecule has 1 aliphatic heterocycles. The predicted octanol–water partition coefficient (Wildman–Crippen LogP) is 3.26. The van der Waals surface area contributed by atoms with E-state index in [2.05, 4.69) is 20.5 Å². The quantitative estimate of drug-likeness (QED) is 0.488. The molecule has 0 amide bonds. The van der Waals surface area contributed by atoms with Gasteiger partial charge in [-0.05, 0) is 44.2 Å². The molecule has 1 fully saturated rings. The molecule has 2 heterocycles. The topological polar surface area (TPSA) is 102 Å². The molecule has 0 spiro atoms. The van der Waals surface area contributed by atoms with Gasteiger partial charge in [0.15, 0.2) is 0 Å². The summed E-state index contributed by atoms with van der Waals surface area (Å²) in [5, 5.41) is 17.4. The standard InChI is InChI=1S/C20H27N5O4/c1-15(2)21-20-18(25(26)27)7-8-19(23-20)22-16-3-5-17(6-4-16)29-14-11-24-9-12-28-13-10-24/h3-8,15H,9-14H2,1-2H3,(H2,21,22,23). The van der Waals surface area contributed by atoms with Gasteiger partial charge in [0.1, 0.15) is 18.2 Å². The molecule has 3 rings (SSSR count). The third-order valence-electron chi connectivity index (χ3n) is 4.40. The van der Waals surface area contributed by atoms with Crippen LogP contribution in [0.5, 0.6) is 5.75 Å². The molecule has 29 heavy (non-hydrogen) atoms. The molecule has 1 aliphatic rings. The first kappa shape index (κ1) is 20.8. The number of nitro groups is 1. The fourth-order valence-electron chi connectivity index (χ4n) is 2.95. The summed E-state index contributed by atoms with van der Waals surface area (Å²) in [4.78, 5) is 17.4. The van der Waals surface area contributed by atoms with Crippen LogP contribution in [0.1, 0.15) is 13.8 Å². The number of ether oxygens (including phenoxy) is 2. The third-order valence-corrected chi connectivity index (χ3v) is 4.40. The maximum absolute atomic E-state index is 11.2. The van der Waals surface area contributed by atoms with Gasteiger partial charge in [-0.3, -0.25) is 15.0 Å². The maximum Gasteiger partial charge on any atom is 0.311 e. The van der Waals surface area contributed by atoms with Crippen molar-refractivity contribution in [3.63, 3.8) is 0 Å². The van der Waals surface area contributed by atoms with Crippen molar-refractivity contribution >= 4 is 23.0 Å². The fourth-order valence-corrected chi connectivity index (χ4v) is 2.95. The molecule has 1 saturated heterocycles. The van der Waals surface area contributed by atoms with Crippen LogP contribution in [0, 0.1) is 10.1 Å². The zero-order valence-electron chi connectivity index (χ0n) is 16.8. The fraction of sp³-hybridized carbons (Fsp3) is 0.450. The summed E-state index contributed by atoms with van der Waals surface area (Å²) >= 11 is 0. The van der Waals surface area contributed by atoms with Crippen LogP contribution in [-0.4, -0.2) is 60.3 Å². The van der Waals surface area contributed by atoms with E-state index in [0.29, 0.717) is 12.4 Å². The van der Waals surface area contributed by atoms with Gasteiger partial charge in [0, 0.05) is 37.4 Å². The maximum atomic E-state index is 11.2. The van der Waals surface area contributed by atoms with E-state index in [9.17, 15) is 10.1 Å². The van der Waals surface area contributed by atoms with Crippen LogP contribution in [0.15, 0.2) is 36.4 Å². The van der Waals surface area contributed by atoms with Crippen molar-refractivity contribution in [3.05, 3.63) is 46.5 Å². The summed E-state index contributed by atoms with van der Waals surface area (Å²) in [6.07, 6.45) is 0. The Morgan fingerprint density at radius 1 is 1.21 bits per heavy atom. The van der Waals surface area contributed by atoms with Crippen LogP contribution in [0.3, 0.4) is 0 Å². The third kappa shape index (κ3) is 6.30. The number of anilines is 3. The lowest BCUT2D eigenvalue weighted by Gasteiger charge is -2.26. The van der Waals surface area contributed by atoms with Crippen molar-refractivity contribution in [2.75, 3.05) is 50.1 Å². The Labute approximate surface area is 170 Å². The van der Waals surface area contributed by atoms with Crippen LogP contribution >= 0.6 is 0 Å². The Morgan fingerprint density at radius 3 is 2.59 bits per heavy atom. The summed E-state index contributed by atoms with van der Waals surface area (Å²) in [5.41, 5.74) is 0.774. The average Bonchev–Trinajstić information content (AvgIpc) is 2.70. The number of aromatic nitrogens is 1. The number of rotatable bonds is 9. The van der Waals surface area contributed by atoms with E-state index in [-0.39, 0.29) is 17.5 Å². The Hall–Kier alpha value is -2.91. The van der Waals surface area contributed by atoms with Gasteiger partial charge in [0.05, 0.1) is 18.1 Å². The van der Waals surface area contributed by atoms with E-state index >= 15 is 0 Å². The molecule has 0 radical (unpaired) electrons. The summed E-state index contributed by atoms with van der Waals surface area (Å²) in [6.45, 7) is 8.77. The van der Waals surface area contributed by atoms with Gasteiger partial charge in [0.2, 0.25) is 5.82 Å². The van der Waals surface area contributed by atoms with Crippen LogP contribution in [0.25, 0.3) is 0 Å². The minimum atomic E-state index is -0.440. The Balaban J connectivity index is 1.56. The molecule has 9 nitrogen and oxygen atoms in total. The summed E-state index contributed by atoms with van der Waals surface area (Å²) in [6, 6.07) is 10.6. The summed E-state index contributed by atoms with van der Waals surface area (Å²) in [5.74, 6) is 1.57. The van der Waals surface area contributed by atoms with Crippen LogP contribution in [-0.2, 0) is 4.74 Å². The Bertz CT molecular complexity index is 807. The number of nitrogens with one attached hydrogen (secondary N) is 2. The second-order valence-electron chi connectivity index (χ2n) is 7.07. The van der Waals surface area contributed by atoms with Crippen LogP contribution in [0.4, 0.5) is 23.0 Å². The molecule has 0 aliphatic carbocycles. The second kappa shape index (κ2) is 10.0. The van der Waals surface area contributed by atoms with Crippen molar-refractivity contribution in [1.82, 2.24) is 9.88 Å². The molecule has 9 heteroatoms. The van der Waals surface area contributed by atoms with Crippen LogP contribution < -0.4 is 15.4 Å². The highest BCUT2D eigenvalue weighted by atomic mass is 16.6. The number of morpholine rings is 1. The van der Waals surface area contributed by atoms with Crippen molar-refractivity contribution in [2.45, 2.75) is 19.9 Å². The first-order valence-corrected chi connectivity index (χ1v) is 9.73. The summed E-state index contributed by atoms with van der Waals surface area (Å²) < 4.78 is 11.1. The van der Waals surface area contributed by atoms with Crippen molar-refractivity contribution < 1.29 is 14.4 Å². The highest BCUT2D eigenvalue weighted by molar-refractivity contribution is 5.64.